The molecule has 56 heavy (non-hydrogen) atoms. The number of piperidine rings is 1. The van der Waals surface area contributed by atoms with E-state index in [2.05, 4.69) is 86.5 Å². The van der Waals surface area contributed by atoms with Gasteiger partial charge in [0.25, 0.3) is 0 Å². The van der Waals surface area contributed by atoms with Crippen LogP contribution in [0.25, 0.3) is 11.1 Å². The van der Waals surface area contributed by atoms with Gasteiger partial charge < -0.3 is 19.5 Å². The van der Waals surface area contributed by atoms with Crippen LogP contribution in [0.3, 0.4) is 0 Å². The summed E-state index contributed by atoms with van der Waals surface area (Å²) in [5.74, 6) is 1.97. The number of aromatic hydroxyl groups is 1. The third-order valence-electron chi connectivity index (χ3n) is 11.0. The highest BCUT2D eigenvalue weighted by Gasteiger charge is 2.34. The highest BCUT2D eigenvalue weighted by atomic mass is 16.5. The standard InChI is InChI=1S/C46H47N5O5/c1-2-41(32-6-4-3-5-7-32)45(33-8-14-38(52)15-9-33)34-10-16-39(17-11-34)56-44-21-13-37(29-47-44)50-24-22-49(23-25-50)26-27-55-40-18-12-35-30-51(31-36(35)28-40)42-19-20-43(53)48-46(42)54/h3-18,21,28-29,42,52H,2,19-20,22-27,30-31H2,1H3,(H,48,53,54). The Hall–Kier alpha value is -5.97. The Kier molecular flexibility index (Phi) is 11.1. The van der Waals surface area contributed by atoms with Gasteiger partial charge in [-0.1, -0.05) is 67.6 Å². The highest BCUT2D eigenvalue weighted by molar-refractivity contribution is 6.00. The van der Waals surface area contributed by atoms with Crippen LogP contribution in [0.5, 0.6) is 23.1 Å². The van der Waals surface area contributed by atoms with E-state index in [1.807, 2.05) is 48.7 Å². The van der Waals surface area contributed by atoms with E-state index < -0.39 is 0 Å². The van der Waals surface area contributed by atoms with E-state index in [9.17, 15) is 14.7 Å². The smallest absolute Gasteiger partial charge is 0.243 e. The third kappa shape index (κ3) is 8.46. The molecule has 2 fully saturated rings. The Morgan fingerprint density at radius 2 is 1.52 bits per heavy atom. The van der Waals surface area contributed by atoms with Crippen molar-refractivity contribution in [3.8, 4) is 23.1 Å². The van der Waals surface area contributed by atoms with Crippen molar-refractivity contribution in [3.05, 3.63) is 143 Å². The van der Waals surface area contributed by atoms with Gasteiger partial charge in [0.1, 0.15) is 23.9 Å². The molecule has 10 nitrogen and oxygen atoms in total. The minimum absolute atomic E-state index is 0.183. The zero-order valence-corrected chi connectivity index (χ0v) is 31.7. The molecule has 0 radical (unpaired) electrons. The van der Waals surface area contributed by atoms with Crippen LogP contribution in [0.15, 0.2) is 115 Å². The van der Waals surface area contributed by atoms with Crippen molar-refractivity contribution in [3.63, 3.8) is 0 Å². The Balaban J connectivity index is 0.821. The topological polar surface area (TPSA) is 107 Å². The van der Waals surface area contributed by atoms with Crippen LogP contribution in [-0.2, 0) is 22.7 Å². The molecule has 4 aromatic carbocycles. The molecule has 3 aliphatic heterocycles. The van der Waals surface area contributed by atoms with Gasteiger partial charge in [0, 0.05) is 58.3 Å². The summed E-state index contributed by atoms with van der Waals surface area (Å²) in [6.07, 6.45) is 3.70. The lowest BCUT2D eigenvalue weighted by molar-refractivity contribution is -0.137. The number of carbonyl (C=O) groups is 2. The van der Waals surface area contributed by atoms with Crippen LogP contribution in [0.1, 0.15) is 54.0 Å². The summed E-state index contributed by atoms with van der Waals surface area (Å²) in [4.78, 5) is 35.5. The first kappa shape index (κ1) is 37.0. The number of benzene rings is 4. The molecule has 1 atom stereocenters. The largest absolute Gasteiger partial charge is 0.508 e. The molecule has 5 aromatic rings. The Morgan fingerprint density at radius 1 is 0.804 bits per heavy atom. The van der Waals surface area contributed by atoms with Crippen molar-refractivity contribution in [2.75, 3.05) is 44.2 Å². The summed E-state index contributed by atoms with van der Waals surface area (Å²) in [5, 5.41) is 12.4. The van der Waals surface area contributed by atoms with Crippen LogP contribution in [0.2, 0.25) is 0 Å². The summed E-state index contributed by atoms with van der Waals surface area (Å²) >= 11 is 0. The number of aromatic nitrogens is 1. The summed E-state index contributed by atoms with van der Waals surface area (Å²) in [6.45, 7) is 8.69. The fourth-order valence-electron chi connectivity index (χ4n) is 8.00. The van der Waals surface area contributed by atoms with Gasteiger partial charge in [-0.2, -0.15) is 0 Å². The maximum Gasteiger partial charge on any atom is 0.243 e. The van der Waals surface area contributed by atoms with Crippen molar-refractivity contribution < 1.29 is 24.2 Å². The van der Waals surface area contributed by atoms with E-state index in [-0.39, 0.29) is 23.6 Å². The number of hydrogen-bond donors (Lipinski definition) is 2. The van der Waals surface area contributed by atoms with Gasteiger partial charge in [0.2, 0.25) is 17.7 Å². The zero-order chi connectivity index (χ0) is 38.4. The number of pyridine rings is 1. The minimum atomic E-state index is -0.259. The number of phenols is 1. The van der Waals surface area contributed by atoms with Gasteiger partial charge in [0.15, 0.2) is 0 Å². The molecule has 0 saturated carbocycles. The number of fused-ring (bicyclic) bond motifs is 1. The van der Waals surface area contributed by atoms with E-state index in [1.54, 1.807) is 12.1 Å². The number of allylic oxidation sites excluding steroid dienone is 1. The first-order valence-electron chi connectivity index (χ1n) is 19.5. The van der Waals surface area contributed by atoms with Crippen LogP contribution in [0, 0.1) is 0 Å². The predicted octanol–water partition coefficient (Wildman–Crippen LogP) is 7.27. The molecule has 286 valence electrons. The molecule has 2 saturated heterocycles. The molecule has 0 bridgehead atoms. The van der Waals surface area contributed by atoms with Gasteiger partial charge in [-0.05, 0) is 94.3 Å². The number of amides is 2. The van der Waals surface area contributed by atoms with Gasteiger partial charge >= 0.3 is 0 Å². The number of piperazine rings is 1. The van der Waals surface area contributed by atoms with Crippen molar-refractivity contribution in [2.24, 2.45) is 0 Å². The van der Waals surface area contributed by atoms with Gasteiger partial charge in [0.05, 0.1) is 17.9 Å². The Morgan fingerprint density at radius 3 is 2.21 bits per heavy atom. The highest BCUT2D eigenvalue weighted by Crippen LogP contribution is 2.36. The van der Waals surface area contributed by atoms with E-state index in [0.29, 0.717) is 44.2 Å². The molecular formula is C46H47N5O5. The molecule has 10 heteroatoms. The second kappa shape index (κ2) is 16.8. The molecule has 3 aliphatic rings. The number of anilines is 1. The molecule has 2 N–H and O–H groups in total. The van der Waals surface area contributed by atoms with Gasteiger partial charge in [-0.3, -0.25) is 24.7 Å². The van der Waals surface area contributed by atoms with Crippen molar-refractivity contribution in [1.29, 1.82) is 0 Å². The number of rotatable bonds is 12. The monoisotopic (exact) mass is 749 g/mol. The quantitative estimate of drug-likeness (QED) is 0.101. The normalized spacial score (nSPS) is 17.9. The predicted molar refractivity (Wildman–Crippen MR) is 218 cm³/mol. The van der Waals surface area contributed by atoms with E-state index in [4.69, 9.17) is 9.47 Å². The summed E-state index contributed by atoms with van der Waals surface area (Å²) in [6, 6.07) is 35.9. The van der Waals surface area contributed by atoms with E-state index in [0.717, 1.165) is 67.3 Å². The first-order chi connectivity index (χ1) is 27.4. The fourth-order valence-corrected chi connectivity index (χ4v) is 8.00. The minimum Gasteiger partial charge on any atom is -0.508 e. The molecule has 1 unspecified atom stereocenters. The van der Waals surface area contributed by atoms with Crippen LogP contribution < -0.4 is 19.7 Å². The van der Waals surface area contributed by atoms with E-state index >= 15 is 0 Å². The number of hydrogen-bond acceptors (Lipinski definition) is 9. The van der Waals surface area contributed by atoms with Crippen LogP contribution in [-0.4, -0.2) is 77.1 Å². The Labute approximate surface area is 328 Å². The summed E-state index contributed by atoms with van der Waals surface area (Å²) < 4.78 is 12.3. The second-order valence-corrected chi connectivity index (χ2v) is 14.6. The van der Waals surface area contributed by atoms with Crippen molar-refractivity contribution >= 4 is 28.6 Å². The maximum atomic E-state index is 12.4. The second-order valence-electron chi connectivity index (χ2n) is 14.6. The number of ether oxygens (including phenoxy) is 2. The Bertz CT molecular complexity index is 2180. The number of nitrogens with zero attached hydrogens (tertiary/aromatic N) is 4. The first-order valence-corrected chi connectivity index (χ1v) is 19.5. The maximum absolute atomic E-state index is 12.4. The number of nitrogens with one attached hydrogen (secondary N) is 1. The average molecular weight is 750 g/mol. The molecule has 2 amide bonds. The fraction of sp³-hybridized carbons (Fsp3) is 0.283. The third-order valence-corrected chi connectivity index (χ3v) is 11.0. The van der Waals surface area contributed by atoms with E-state index in [1.165, 1.54) is 22.3 Å². The number of carbonyl (C=O) groups excluding carboxylic acids is 2. The SMILES string of the molecule is CCC(=C(c1ccc(O)cc1)c1ccc(Oc2ccc(N3CCN(CCOc4ccc5c(c4)CN(C4CCC(=O)NC4=O)C5)CC3)cn2)cc1)c1ccccc1. The number of phenolic OH excluding ortho intramolecular Hbond substituents is 1. The van der Waals surface area contributed by atoms with Gasteiger partial charge in [-0.25, -0.2) is 4.98 Å². The van der Waals surface area contributed by atoms with Crippen LogP contribution >= 0.6 is 0 Å². The average Bonchev–Trinajstić information content (AvgIpc) is 3.65. The molecule has 1 aromatic heterocycles. The molecular weight excluding hydrogens is 703 g/mol. The molecule has 0 spiro atoms. The van der Waals surface area contributed by atoms with Crippen molar-refractivity contribution in [2.45, 2.75) is 45.3 Å². The molecule has 4 heterocycles. The summed E-state index contributed by atoms with van der Waals surface area (Å²) in [7, 11) is 0. The lowest BCUT2D eigenvalue weighted by Gasteiger charge is -2.35. The van der Waals surface area contributed by atoms with Crippen molar-refractivity contribution in [1.82, 2.24) is 20.1 Å². The number of imide groups is 1. The molecule has 0 aliphatic carbocycles. The summed E-state index contributed by atoms with van der Waals surface area (Å²) in [5.41, 5.74) is 9.11. The van der Waals surface area contributed by atoms with Crippen LogP contribution in [0.4, 0.5) is 5.69 Å². The van der Waals surface area contributed by atoms with Gasteiger partial charge in [-0.15, -0.1) is 0 Å². The lowest BCUT2D eigenvalue weighted by atomic mass is 9.88. The lowest BCUT2D eigenvalue weighted by Crippen LogP contribution is -2.50. The zero-order valence-electron chi connectivity index (χ0n) is 31.7. The molecule has 8 rings (SSSR count).